The van der Waals surface area contributed by atoms with Gasteiger partial charge in [0.25, 0.3) is 5.69 Å². The van der Waals surface area contributed by atoms with Crippen molar-refractivity contribution in [1.82, 2.24) is 4.98 Å². The molecule has 0 bridgehead atoms. The zero-order valence-corrected chi connectivity index (χ0v) is 11.2. The van der Waals surface area contributed by atoms with E-state index >= 15 is 0 Å². The third-order valence-electron chi connectivity index (χ3n) is 2.45. The molecular formula is C12H10N2O5S. The lowest BCUT2D eigenvalue weighted by Gasteiger charge is -2.05. The number of ether oxygens (including phenoxy) is 1. The van der Waals surface area contributed by atoms with Crippen molar-refractivity contribution in [3.8, 4) is 5.75 Å². The summed E-state index contributed by atoms with van der Waals surface area (Å²) < 4.78 is 5.39. The first-order valence-corrected chi connectivity index (χ1v) is 6.41. The minimum atomic E-state index is -1.37. The van der Waals surface area contributed by atoms with Gasteiger partial charge < -0.3 is 9.84 Å². The molecule has 0 atom stereocenters. The third-order valence-corrected chi connectivity index (χ3v) is 3.27. The van der Waals surface area contributed by atoms with E-state index < -0.39 is 22.1 Å². The van der Waals surface area contributed by atoms with Gasteiger partial charge in [-0.05, 0) is 13.0 Å². The van der Waals surface area contributed by atoms with Gasteiger partial charge in [0, 0.05) is 17.5 Å². The number of hydrogen-bond donors (Lipinski definition) is 1. The zero-order valence-electron chi connectivity index (χ0n) is 10.4. The molecule has 0 amide bonds. The SMILES string of the molecule is Cc1nc(COc2ccc([N+](=O)[O-])c(C(=O)O)c2)cs1. The van der Waals surface area contributed by atoms with Crippen molar-refractivity contribution in [2.75, 3.05) is 0 Å². The highest BCUT2D eigenvalue weighted by Crippen LogP contribution is 2.24. The van der Waals surface area contributed by atoms with Crippen molar-refractivity contribution in [2.45, 2.75) is 13.5 Å². The van der Waals surface area contributed by atoms with E-state index in [0.29, 0.717) is 0 Å². The highest BCUT2D eigenvalue weighted by molar-refractivity contribution is 7.09. The van der Waals surface area contributed by atoms with E-state index in [0.717, 1.165) is 22.8 Å². The van der Waals surface area contributed by atoms with Crippen LogP contribution in [0.25, 0.3) is 0 Å². The Bertz CT molecular complexity index is 668. The smallest absolute Gasteiger partial charge is 0.342 e. The van der Waals surface area contributed by atoms with Crippen molar-refractivity contribution in [2.24, 2.45) is 0 Å². The lowest BCUT2D eigenvalue weighted by Crippen LogP contribution is -2.04. The fraction of sp³-hybridized carbons (Fsp3) is 0.167. The second-order valence-corrected chi connectivity index (χ2v) is 4.95. The number of nitrogens with zero attached hydrogens (tertiary/aromatic N) is 2. The number of aryl methyl sites for hydroxylation is 1. The Morgan fingerprint density at radius 1 is 1.55 bits per heavy atom. The van der Waals surface area contributed by atoms with E-state index in [1.165, 1.54) is 17.4 Å². The molecule has 2 aromatic rings. The molecule has 0 fully saturated rings. The van der Waals surface area contributed by atoms with Crippen molar-refractivity contribution >= 4 is 23.0 Å². The van der Waals surface area contributed by atoms with Gasteiger partial charge in [0.15, 0.2) is 0 Å². The molecule has 1 aromatic heterocycles. The molecule has 2 rings (SSSR count). The van der Waals surface area contributed by atoms with Crippen molar-refractivity contribution in [3.63, 3.8) is 0 Å². The molecule has 0 unspecified atom stereocenters. The van der Waals surface area contributed by atoms with Gasteiger partial charge in [-0.1, -0.05) is 0 Å². The Balaban J connectivity index is 2.18. The molecule has 0 aliphatic carbocycles. The third kappa shape index (κ3) is 3.09. The number of carbonyl (C=O) groups is 1. The summed E-state index contributed by atoms with van der Waals surface area (Å²) in [5.41, 5.74) is -0.140. The number of nitro benzene ring substituents is 1. The van der Waals surface area contributed by atoms with E-state index in [1.54, 1.807) is 0 Å². The number of carboxylic acid groups (broad SMARTS) is 1. The highest BCUT2D eigenvalue weighted by Gasteiger charge is 2.20. The molecule has 104 valence electrons. The van der Waals surface area contributed by atoms with Gasteiger partial charge >= 0.3 is 5.97 Å². The van der Waals surface area contributed by atoms with Gasteiger partial charge in [-0.15, -0.1) is 11.3 Å². The lowest BCUT2D eigenvalue weighted by atomic mass is 10.1. The van der Waals surface area contributed by atoms with Gasteiger partial charge in [0.05, 0.1) is 15.6 Å². The van der Waals surface area contributed by atoms with E-state index in [-0.39, 0.29) is 12.4 Å². The summed E-state index contributed by atoms with van der Waals surface area (Å²) in [7, 11) is 0. The summed E-state index contributed by atoms with van der Waals surface area (Å²) >= 11 is 1.48. The van der Waals surface area contributed by atoms with Crippen LogP contribution in [-0.2, 0) is 6.61 Å². The molecule has 20 heavy (non-hydrogen) atoms. The second kappa shape index (κ2) is 5.66. The maximum atomic E-state index is 11.0. The Labute approximate surface area is 117 Å². The molecule has 0 aliphatic rings. The van der Waals surface area contributed by atoms with Gasteiger partial charge in [0.2, 0.25) is 0 Å². The standard InChI is InChI=1S/C12H10N2O5S/c1-7-13-8(6-20-7)5-19-9-2-3-11(14(17)18)10(4-9)12(15)16/h2-4,6H,5H2,1H3,(H,15,16). The Hall–Kier alpha value is -2.48. The number of thiazole rings is 1. The molecule has 8 heteroatoms. The summed E-state index contributed by atoms with van der Waals surface area (Å²) in [6.07, 6.45) is 0. The van der Waals surface area contributed by atoms with Crippen molar-refractivity contribution in [1.29, 1.82) is 0 Å². The predicted octanol–water partition coefficient (Wildman–Crippen LogP) is 2.64. The summed E-state index contributed by atoms with van der Waals surface area (Å²) in [5, 5.41) is 22.4. The maximum absolute atomic E-state index is 11.0. The minimum Gasteiger partial charge on any atom is -0.487 e. The van der Waals surface area contributed by atoms with Crippen LogP contribution in [0.2, 0.25) is 0 Å². The largest absolute Gasteiger partial charge is 0.487 e. The Morgan fingerprint density at radius 2 is 2.30 bits per heavy atom. The van der Waals surface area contributed by atoms with Crippen LogP contribution in [-0.4, -0.2) is 21.0 Å². The van der Waals surface area contributed by atoms with E-state index in [2.05, 4.69) is 4.98 Å². The van der Waals surface area contributed by atoms with Crippen LogP contribution >= 0.6 is 11.3 Å². The number of benzene rings is 1. The van der Waals surface area contributed by atoms with Crippen LogP contribution in [0, 0.1) is 17.0 Å². The molecule has 0 radical (unpaired) electrons. The van der Waals surface area contributed by atoms with Crippen molar-refractivity contribution in [3.05, 3.63) is 50.0 Å². The summed E-state index contributed by atoms with van der Waals surface area (Å²) in [6, 6.07) is 3.62. The van der Waals surface area contributed by atoms with Crippen molar-refractivity contribution < 1.29 is 19.6 Å². The number of rotatable bonds is 5. The van der Waals surface area contributed by atoms with Gasteiger partial charge in [-0.25, -0.2) is 9.78 Å². The summed E-state index contributed by atoms with van der Waals surface area (Å²) in [4.78, 5) is 25.2. The van der Waals surface area contributed by atoms with Crippen LogP contribution in [0.3, 0.4) is 0 Å². The first-order valence-electron chi connectivity index (χ1n) is 5.53. The van der Waals surface area contributed by atoms with Crippen LogP contribution in [0.5, 0.6) is 5.75 Å². The van der Waals surface area contributed by atoms with Gasteiger partial charge in [-0.2, -0.15) is 0 Å². The van der Waals surface area contributed by atoms with E-state index in [9.17, 15) is 14.9 Å². The summed E-state index contributed by atoms with van der Waals surface area (Å²) in [6.45, 7) is 2.05. The van der Waals surface area contributed by atoms with E-state index in [4.69, 9.17) is 9.84 Å². The fourth-order valence-electron chi connectivity index (χ4n) is 1.57. The number of hydrogen-bond acceptors (Lipinski definition) is 6. The fourth-order valence-corrected chi connectivity index (χ4v) is 2.16. The van der Waals surface area contributed by atoms with Crippen LogP contribution in [0.4, 0.5) is 5.69 Å². The Kier molecular flexibility index (Phi) is 3.94. The molecular weight excluding hydrogens is 284 g/mol. The number of nitro groups is 1. The normalized spacial score (nSPS) is 10.2. The molecule has 1 N–H and O–H groups in total. The van der Waals surface area contributed by atoms with Crippen LogP contribution in [0.15, 0.2) is 23.6 Å². The summed E-state index contributed by atoms with van der Waals surface area (Å²) in [5.74, 6) is -1.12. The number of carboxylic acids is 1. The van der Waals surface area contributed by atoms with E-state index in [1.807, 2.05) is 12.3 Å². The first-order chi connectivity index (χ1) is 9.47. The zero-order chi connectivity index (χ0) is 14.7. The molecule has 7 nitrogen and oxygen atoms in total. The average molecular weight is 294 g/mol. The molecule has 1 aromatic carbocycles. The van der Waals surface area contributed by atoms with Crippen LogP contribution in [0.1, 0.15) is 21.1 Å². The van der Waals surface area contributed by atoms with Gasteiger partial charge in [0.1, 0.15) is 17.9 Å². The Morgan fingerprint density at radius 3 is 2.85 bits per heavy atom. The highest BCUT2D eigenvalue weighted by atomic mass is 32.1. The quantitative estimate of drug-likeness (QED) is 0.671. The average Bonchev–Trinajstić information content (AvgIpc) is 2.81. The molecule has 1 heterocycles. The monoisotopic (exact) mass is 294 g/mol. The molecule has 0 saturated heterocycles. The molecule has 0 spiro atoms. The number of aromatic nitrogens is 1. The topological polar surface area (TPSA) is 103 Å². The second-order valence-electron chi connectivity index (χ2n) is 3.89. The predicted molar refractivity (Wildman–Crippen MR) is 71.2 cm³/mol. The minimum absolute atomic E-state index is 0.182. The van der Waals surface area contributed by atoms with Crippen LogP contribution < -0.4 is 4.74 Å². The molecule has 0 saturated carbocycles. The lowest BCUT2D eigenvalue weighted by molar-refractivity contribution is -0.385. The maximum Gasteiger partial charge on any atom is 0.342 e. The number of aromatic carboxylic acids is 1. The molecule has 0 aliphatic heterocycles. The first kappa shape index (κ1) is 13.9. The van der Waals surface area contributed by atoms with Gasteiger partial charge in [-0.3, -0.25) is 10.1 Å².